The van der Waals surface area contributed by atoms with Gasteiger partial charge in [0.1, 0.15) is 0 Å². The number of nitrogens with zero attached hydrogens (tertiary/aromatic N) is 1. The fourth-order valence-corrected chi connectivity index (χ4v) is 2.14. The van der Waals surface area contributed by atoms with E-state index in [1.165, 1.54) is 0 Å². The van der Waals surface area contributed by atoms with E-state index in [1.807, 2.05) is 0 Å². The Morgan fingerprint density at radius 1 is 1.29 bits per heavy atom. The van der Waals surface area contributed by atoms with Crippen LogP contribution in [0.1, 0.15) is 27.2 Å². The molecule has 0 amide bonds. The number of ether oxygens (including phenoxy) is 2. The quantitative estimate of drug-likeness (QED) is 0.638. The number of hydrogen-bond donors (Lipinski definition) is 0. The molecule has 82 valence electrons. The van der Waals surface area contributed by atoms with E-state index in [2.05, 4.69) is 25.7 Å². The molecule has 0 aliphatic carbocycles. The molecule has 0 aromatic rings. The first-order chi connectivity index (χ1) is 6.61. The molecule has 0 aromatic carbocycles. The largest absolute Gasteiger partial charge is 0.348 e. The molecular formula is C11H21NO2. The standard InChI is InChI=1S/C11H21NO2/c1-9(2)12-5-4-11(8-12)13-6-10(3)7-14-11/h9-10H,4-8H2,1-3H3. The third kappa shape index (κ3) is 1.95. The average molecular weight is 199 g/mol. The second-order valence-electron chi connectivity index (χ2n) is 4.95. The maximum absolute atomic E-state index is 5.86. The average Bonchev–Trinajstić information content (AvgIpc) is 2.56. The Morgan fingerprint density at radius 3 is 2.43 bits per heavy atom. The SMILES string of the molecule is CC1COC2(CCN(C(C)C)C2)OC1. The van der Waals surface area contributed by atoms with Gasteiger partial charge in [0.25, 0.3) is 0 Å². The molecule has 2 fully saturated rings. The third-order valence-corrected chi connectivity index (χ3v) is 3.22. The number of rotatable bonds is 1. The Hall–Kier alpha value is -0.120. The Morgan fingerprint density at radius 2 is 1.93 bits per heavy atom. The fraction of sp³-hybridized carbons (Fsp3) is 1.00. The van der Waals surface area contributed by atoms with Crippen LogP contribution in [0, 0.1) is 5.92 Å². The lowest BCUT2D eigenvalue weighted by Crippen LogP contribution is -2.46. The zero-order chi connectivity index (χ0) is 10.2. The smallest absolute Gasteiger partial charge is 0.182 e. The minimum absolute atomic E-state index is 0.267. The molecule has 0 aromatic heterocycles. The van der Waals surface area contributed by atoms with Crippen LogP contribution in [0.3, 0.4) is 0 Å². The van der Waals surface area contributed by atoms with Gasteiger partial charge in [-0.25, -0.2) is 0 Å². The van der Waals surface area contributed by atoms with E-state index in [0.29, 0.717) is 12.0 Å². The van der Waals surface area contributed by atoms with E-state index in [0.717, 1.165) is 32.7 Å². The molecule has 0 saturated carbocycles. The van der Waals surface area contributed by atoms with Crippen LogP contribution in [0.2, 0.25) is 0 Å². The van der Waals surface area contributed by atoms with E-state index in [-0.39, 0.29) is 5.79 Å². The first-order valence-corrected chi connectivity index (χ1v) is 5.63. The van der Waals surface area contributed by atoms with Crippen molar-refractivity contribution in [1.82, 2.24) is 4.90 Å². The maximum Gasteiger partial charge on any atom is 0.182 e. The van der Waals surface area contributed by atoms with Crippen molar-refractivity contribution in [3.63, 3.8) is 0 Å². The molecular weight excluding hydrogens is 178 g/mol. The number of hydrogen-bond acceptors (Lipinski definition) is 3. The fourth-order valence-electron chi connectivity index (χ4n) is 2.14. The van der Waals surface area contributed by atoms with Crippen molar-refractivity contribution in [2.24, 2.45) is 5.92 Å². The van der Waals surface area contributed by atoms with Crippen LogP contribution in [-0.2, 0) is 9.47 Å². The highest BCUT2D eigenvalue weighted by atomic mass is 16.7. The van der Waals surface area contributed by atoms with Crippen molar-refractivity contribution in [1.29, 1.82) is 0 Å². The van der Waals surface area contributed by atoms with Gasteiger partial charge in [-0.1, -0.05) is 6.92 Å². The molecule has 0 unspecified atom stereocenters. The summed E-state index contributed by atoms with van der Waals surface area (Å²) >= 11 is 0. The van der Waals surface area contributed by atoms with Gasteiger partial charge in [-0.3, -0.25) is 4.90 Å². The molecule has 2 heterocycles. The molecule has 0 atom stereocenters. The van der Waals surface area contributed by atoms with Gasteiger partial charge in [-0.15, -0.1) is 0 Å². The number of likely N-dealkylation sites (tertiary alicyclic amines) is 1. The first-order valence-electron chi connectivity index (χ1n) is 5.63. The summed E-state index contributed by atoms with van der Waals surface area (Å²) in [6.07, 6.45) is 1.03. The molecule has 0 bridgehead atoms. The molecule has 2 saturated heterocycles. The lowest BCUT2D eigenvalue weighted by Gasteiger charge is -2.36. The lowest BCUT2D eigenvalue weighted by molar-refractivity contribution is -0.272. The molecule has 2 aliphatic rings. The van der Waals surface area contributed by atoms with Crippen molar-refractivity contribution in [2.75, 3.05) is 26.3 Å². The van der Waals surface area contributed by atoms with Gasteiger partial charge in [-0.2, -0.15) is 0 Å². The van der Waals surface area contributed by atoms with Crippen LogP contribution in [0.4, 0.5) is 0 Å². The summed E-state index contributed by atoms with van der Waals surface area (Å²) in [5.41, 5.74) is 0. The Kier molecular flexibility index (Phi) is 2.82. The highest BCUT2D eigenvalue weighted by Crippen LogP contribution is 2.31. The van der Waals surface area contributed by atoms with Crippen LogP contribution in [0.15, 0.2) is 0 Å². The minimum atomic E-state index is -0.267. The highest BCUT2D eigenvalue weighted by Gasteiger charge is 2.43. The maximum atomic E-state index is 5.86. The second-order valence-corrected chi connectivity index (χ2v) is 4.95. The normalized spacial score (nSPS) is 39.9. The summed E-state index contributed by atoms with van der Waals surface area (Å²) in [5, 5.41) is 0. The second kappa shape index (κ2) is 3.80. The minimum Gasteiger partial charge on any atom is -0.348 e. The summed E-state index contributed by atoms with van der Waals surface area (Å²) in [5.74, 6) is 0.283. The summed E-state index contributed by atoms with van der Waals surface area (Å²) < 4.78 is 11.7. The lowest BCUT2D eigenvalue weighted by atomic mass is 10.1. The van der Waals surface area contributed by atoms with Crippen molar-refractivity contribution in [3.05, 3.63) is 0 Å². The van der Waals surface area contributed by atoms with E-state index in [1.54, 1.807) is 0 Å². The monoisotopic (exact) mass is 199 g/mol. The summed E-state index contributed by atoms with van der Waals surface area (Å²) in [4.78, 5) is 2.43. The topological polar surface area (TPSA) is 21.7 Å². The molecule has 0 N–H and O–H groups in total. The first kappa shape index (κ1) is 10.4. The van der Waals surface area contributed by atoms with Gasteiger partial charge in [0.05, 0.1) is 19.8 Å². The molecule has 2 rings (SSSR count). The predicted molar refractivity (Wildman–Crippen MR) is 55.1 cm³/mol. The third-order valence-electron chi connectivity index (χ3n) is 3.22. The van der Waals surface area contributed by atoms with E-state index in [9.17, 15) is 0 Å². The highest BCUT2D eigenvalue weighted by molar-refractivity contribution is 4.87. The van der Waals surface area contributed by atoms with Gasteiger partial charge in [0.2, 0.25) is 0 Å². The zero-order valence-corrected chi connectivity index (χ0v) is 9.45. The Bertz CT molecular complexity index is 197. The molecule has 0 radical (unpaired) electrons. The van der Waals surface area contributed by atoms with Gasteiger partial charge in [0.15, 0.2) is 5.79 Å². The van der Waals surface area contributed by atoms with Crippen LogP contribution in [0.25, 0.3) is 0 Å². The van der Waals surface area contributed by atoms with Crippen LogP contribution in [-0.4, -0.2) is 43.0 Å². The van der Waals surface area contributed by atoms with Crippen molar-refractivity contribution < 1.29 is 9.47 Å². The van der Waals surface area contributed by atoms with E-state index in [4.69, 9.17) is 9.47 Å². The van der Waals surface area contributed by atoms with Gasteiger partial charge < -0.3 is 9.47 Å². The van der Waals surface area contributed by atoms with E-state index < -0.39 is 0 Å². The van der Waals surface area contributed by atoms with Gasteiger partial charge in [0, 0.05) is 24.9 Å². The molecule has 3 nitrogen and oxygen atoms in total. The van der Waals surface area contributed by atoms with Crippen LogP contribution >= 0.6 is 0 Å². The summed E-state index contributed by atoms with van der Waals surface area (Å²) in [7, 11) is 0. The Balaban J connectivity index is 1.93. The molecule has 2 aliphatic heterocycles. The Labute approximate surface area is 86.4 Å². The van der Waals surface area contributed by atoms with Crippen LogP contribution in [0.5, 0.6) is 0 Å². The molecule has 3 heteroatoms. The van der Waals surface area contributed by atoms with Crippen LogP contribution < -0.4 is 0 Å². The van der Waals surface area contributed by atoms with Crippen molar-refractivity contribution in [2.45, 2.75) is 39.0 Å². The molecule has 14 heavy (non-hydrogen) atoms. The summed E-state index contributed by atoms with van der Waals surface area (Å²) in [6.45, 7) is 10.4. The van der Waals surface area contributed by atoms with Gasteiger partial charge in [-0.05, 0) is 13.8 Å². The van der Waals surface area contributed by atoms with Crippen molar-refractivity contribution >= 4 is 0 Å². The summed E-state index contributed by atoms with van der Waals surface area (Å²) in [6, 6.07) is 0.598. The zero-order valence-electron chi connectivity index (χ0n) is 9.45. The molecule has 1 spiro atoms. The van der Waals surface area contributed by atoms with Crippen molar-refractivity contribution in [3.8, 4) is 0 Å². The van der Waals surface area contributed by atoms with E-state index >= 15 is 0 Å². The predicted octanol–water partition coefficient (Wildman–Crippen LogP) is 1.48. The van der Waals surface area contributed by atoms with Gasteiger partial charge >= 0.3 is 0 Å².